The normalized spacial score (nSPS) is 10.8. The average Bonchev–Trinajstić information content (AvgIpc) is 3.11. The smallest absolute Gasteiger partial charge is 0.271 e. The third-order valence-electron chi connectivity index (χ3n) is 3.31. The average molecular weight is 415 g/mol. The SMILES string of the molecule is O=C(N/N=C/c1ccccc1I)c1ccc(-n2cccc2)cc1. The Morgan fingerprint density at radius 1 is 1.00 bits per heavy atom. The minimum absolute atomic E-state index is 0.230. The molecule has 1 amide bonds. The highest BCUT2D eigenvalue weighted by Gasteiger charge is 2.04. The highest BCUT2D eigenvalue weighted by molar-refractivity contribution is 14.1. The summed E-state index contributed by atoms with van der Waals surface area (Å²) in [6.07, 6.45) is 5.57. The number of aromatic nitrogens is 1. The third kappa shape index (κ3) is 3.87. The van der Waals surface area contributed by atoms with Crippen molar-refractivity contribution in [3.63, 3.8) is 0 Å². The van der Waals surface area contributed by atoms with Crippen LogP contribution in [-0.2, 0) is 0 Å². The fraction of sp³-hybridized carbons (Fsp3) is 0. The second-order valence-electron chi connectivity index (χ2n) is 4.86. The second kappa shape index (κ2) is 7.23. The molecule has 0 bridgehead atoms. The maximum Gasteiger partial charge on any atom is 0.271 e. The van der Waals surface area contributed by atoms with E-state index in [4.69, 9.17) is 0 Å². The Kier molecular flexibility index (Phi) is 4.87. The Balaban J connectivity index is 1.66. The number of nitrogens with one attached hydrogen (secondary N) is 1. The first-order valence-corrected chi connectivity index (χ1v) is 8.13. The summed E-state index contributed by atoms with van der Waals surface area (Å²) in [4.78, 5) is 12.1. The van der Waals surface area contributed by atoms with Crippen LogP contribution >= 0.6 is 22.6 Å². The van der Waals surface area contributed by atoms with Crippen LogP contribution in [-0.4, -0.2) is 16.7 Å². The minimum Gasteiger partial charge on any atom is -0.324 e. The fourth-order valence-electron chi connectivity index (χ4n) is 2.10. The standard InChI is InChI=1S/C18H14IN3O/c19-17-6-2-1-5-15(17)13-20-21-18(23)14-7-9-16(10-8-14)22-11-3-4-12-22/h1-13H,(H,21,23)/b20-13+. The molecule has 3 rings (SSSR count). The third-order valence-corrected chi connectivity index (χ3v) is 4.29. The van der Waals surface area contributed by atoms with Crippen molar-refractivity contribution in [3.8, 4) is 5.69 Å². The number of hydrogen-bond acceptors (Lipinski definition) is 2. The largest absolute Gasteiger partial charge is 0.324 e. The number of hydrazone groups is 1. The predicted octanol–water partition coefficient (Wildman–Crippen LogP) is 3.85. The van der Waals surface area contributed by atoms with Crippen molar-refractivity contribution in [2.24, 2.45) is 5.10 Å². The van der Waals surface area contributed by atoms with Crippen LogP contribution in [0.25, 0.3) is 5.69 Å². The summed E-state index contributed by atoms with van der Waals surface area (Å²) in [5, 5.41) is 4.02. The Labute approximate surface area is 148 Å². The number of halogens is 1. The van der Waals surface area contributed by atoms with Crippen LogP contribution in [0.15, 0.2) is 78.2 Å². The summed E-state index contributed by atoms with van der Waals surface area (Å²) >= 11 is 2.23. The van der Waals surface area contributed by atoms with Crippen molar-refractivity contribution >= 4 is 34.7 Å². The number of carbonyl (C=O) groups is 1. The van der Waals surface area contributed by atoms with Crippen LogP contribution in [0, 0.1) is 3.57 Å². The molecule has 0 saturated carbocycles. The maximum atomic E-state index is 12.1. The van der Waals surface area contributed by atoms with Crippen LogP contribution in [0.4, 0.5) is 0 Å². The van der Waals surface area contributed by atoms with Gasteiger partial charge in [-0.05, 0) is 65.1 Å². The van der Waals surface area contributed by atoms with Crippen LogP contribution in [0.1, 0.15) is 15.9 Å². The van der Waals surface area contributed by atoms with E-state index in [0.717, 1.165) is 14.8 Å². The molecular weight excluding hydrogens is 401 g/mol. The lowest BCUT2D eigenvalue weighted by molar-refractivity contribution is 0.0955. The molecule has 0 aliphatic rings. The molecule has 1 aromatic heterocycles. The number of amides is 1. The fourth-order valence-corrected chi connectivity index (χ4v) is 2.62. The molecule has 2 aromatic carbocycles. The first-order valence-electron chi connectivity index (χ1n) is 7.05. The molecule has 1 heterocycles. The van der Waals surface area contributed by atoms with E-state index < -0.39 is 0 Å². The van der Waals surface area contributed by atoms with Crippen LogP contribution in [0.5, 0.6) is 0 Å². The molecule has 0 atom stereocenters. The molecular formula is C18H14IN3O. The van der Waals surface area contributed by atoms with Gasteiger partial charge in [0.1, 0.15) is 0 Å². The van der Waals surface area contributed by atoms with Crippen molar-refractivity contribution in [2.75, 3.05) is 0 Å². The van der Waals surface area contributed by atoms with Gasteiger partial charge in [0.2, 0.25) is 0 Å². The zero-order valence-electron chi connectivity index (χ0n) is 12.2. The monoisotopic (exact) mass is 415 g/mol. The van der Waals surface area contributed by atoms with Gasteiger partial charge in [0.25, 0.3) is 5.91 Å². The van der Waals surface area contributed by atoms with Gasteiger partial charge in [0, 0.05) is 32.8 Å². The van der Waals surface area contributed by atoms with Gasteiger partial charge in [-0.1, -0.05) is 18.2 Å². The number of rotatable bonds is 4. The quantitative estimate of drug-likeness (QED) is 0.393. The van der Waals surface area contributed by atoms with Crippen molar-refractivity contribution in [2.45, 2.75) is 0 Å². The van der Waals surface area contributed by atoms with E-state index in [1.54, 1.807) is 18.3 Å². The molecule has 4 nitrogen and oxygen atoms in total. The number of carbonyl (C=O) groups excluding carboxylic acids is 1. The van der Waals surface area contributed by atoms with Crippen molar-refractivity contribution in [1.29, 1.82) is 0 Å². The molecule has 23 heavy (non-hydrogen) atoms. The topological polar surface area (TPSA) is 46.4 Å². The maximum absolute atomic E-state index is 12.1. The van der Waals surface area contributed by atoms with Gasteiger partial charge in [-0.15, -0.1) is 0 Å². The van der Waals surface area contributed by atoms with Crippen LogP contribution < -0.4 is 5.43 Å². The summed E-state index contributed by atoms with van der Waals surface area (Å²) < 4.78 is 3.07. The molecule has 3 aromatic rings. The Hall–Kier alpha value is -2.41. The number of hydrogen-bond donors (Lipinski definition) is 1. The summed E-state index contributed by atoms with van der Waals surface area (Å²) in [7, 11) is 0. The zero-order valence-corrected chi connectivity index (χ0v) is 14.3. The van der Waals surface area contributed by atoms with E-state index in [1.165, 1.54) is 0 Å². The molecule has 5 heteroatoms. The predicted molar refractivity (Wildman–Crippen MR) is 100.0 cm³/mol. The van der Waals surface area contributed by atoms with Crippen molar-refractivity contribution in [3.05, 3.63) is 87.8 Å². The molecule has 114 valence electrons. The Bertz CT molecular complexity index is 824. The summed E-state index contributed by atoms with van der Waals surface area (Å²) in [5.74, 6) is -0.230. The van der Waals surface area contributed by atoms with E-state index in [9.17, 15) is 4.79 Å². The van der Waals surface area contributed by atoms with Gasteiger partial charge in [0.05, 0.1) is 6.21 Å². The van der Waals surface area contributed by atoms with Gasteiger partial charge in [0.15, 0.2) is 0 Å². The number of benzene rings is 2. The van der Waals surface area contributed by atoms with E-state index in [1.807, 2.05) is 65.5 Å². The van der Waals surface area contributed by atoms with Gasteiger partial charge in [-0.25, -0.2) is 5.43 Å². The van der Waals surface area contributed by atoms with Crippen LogP contribution in [0.3, 0.4) is 0 Å². The minimum atomic E-state index is -0.230. The van der Waals surface area contributed by atoms with Crippen LogP contribution in [0.2, 0.25) is 0 Å². The van der Waals surface area contributed by atoms with E-state index in [0.29, 0.717) is 5.56 Å². The van der Waals surface area contributed by atoms with E-state index >= 15 is 0 Å². The van der Waals surface area contributed by atoms with Gasteiger partial charge < -0.3 is 4.57 Å². The summed E-state index contributed by atoms with van der Waals surface area (Å²) in [6.45, 7) is 0. The van der Waals surface area contributed by atoms with E-state index in [-0.39, 0.29) is 5.91 Å². The molecule has 0 radical (unpaired) electrons. The zero-order chi connectivity index (χ0) is 16.1. The Morgan fingerprint density at radius 2 is 1.70 bits per heavy atom. The first kappa shape index (κ1) is 15.5. The number of nitrogens with zero attached hydrogens (tertiary/aromatic N) is 2. The highest BCUT2D eigenvalue weighted by Crippen LogP contribution is 2.10. The lowest BCUT2D eigenvalue weighted by Crippen LogP contribution is -2.17. The summed E-state index contributed by atoms with van der Waals surface area (Å²) in [5.41, 5.74) is 5.10. The molecule has 0 saturated heterocycles. The van der Waals surface area contributed by atoms with Gasteiger partial charge in [-0.3, -0.25) is 4.79 Å². The summed E-state index contributed by atoms with van der Waals surface area (Å²) in [6, 6.07) is 19.1. The lowest BCUT2D eigenvalue weighted by atomic mass is 10.2. The lowest BCUT2D eigenvalue weighted by Gasteiger charge is -2.04. The molecule has 1 N–H and O–H groups in total. The Morgan fingerprint density at radius 3 is 2.39 bits per heavy atom. The highest BCUT2D eigenvalue weighted by atomic mass is 127. The molecule has 0 spiro atoms. The van der Waals surface area contributed by atoms with Crippen molar-refractivity contribution in [1.82, 2.24) is 9.99 Å². The molecule has 0 aliphatic carbocycles. The van der Waals surface area contributed by atoms with Gasteiger partial charge in [-0.2, -0.15) is 5.10 Å². The second-order valence-corrected chi connectivity index (χ2v) is 6.02. The molecule has 0 unspecified atom stereocenters. The molecule has 0 aliphatic heterocycles. The van der Waals surface area contributed by atoms with E-state index in [2.05, 4.69) is 33.1 Å². The molecule has 0 fully saturated rings. The van der Waals surface area contributed by atoms with Gasteiger partial charge >= 0.3 is 0 Å². The first-order chi connectivity index (χ1) is 11.2. The van der Waals surface area contributed by atoms with Crippen molar-refractivity contribution < 1.29 is 4.79 Å².